The van der Waals surface area contributed by atoms with E-state index in [2.05, 4.69) is 5.32 Å². The summed E-state index contributed by atoms with van der Waals surface area (Å²) in [5, 5.41) is 2.91. The molecule has 0 saturated carbocycles. The Kier molecular flexibility index (Phi) is 4.86. The van der Waals surface area contributed by atoms with E-state index in [-0.39, 0.29) is 30.0 Å². The minimum absolute atomic E-state index is 0.0429. The minimum Gasteiger partial charge on any atom is -0.302 e. The quantitative estimate of drug-likeness (QED) is 0.664. The molecule has 0 radical (unpaired) electrons. The average molecular weight is 276 g/mol. The molecule has 0 aromatic heterocycles. The van der Waals surface area contributed by atoms with Crippen LogP contribution in [0.15, 0.2) is 0 Å². The predicted molar refractivity (Wildman–Crippen MR) is 67.7 cm³/mol. The number of hydrogen-bond donors (Lipinski definition) is 1. The van der Waals surface area contributed by atoms with Crippen LogP contribution >= 0.6 is 0 Å². The number of hydrogen-bond acceptors (Lipinski definition) is 5. The number of rotatable bonds is 6. The SMILES string of the molecule is CCCN1C(=O)CC(NC(C)CS(C)(=O)=O)C1=O. The molecular formula is C11H20N2O4S. The number of carbonyl (C=O) groups excluding carboxylic acids is 2. The number of nitrogens with zero attached hydrogens (tertiary/aromatic N) is 1. The summed E-state index contributed by atoms with van der Waals surface area (Å²) in [6.07, 6.45) is 1.99. The van der Waals surface area contributed by atoms with Gasteiger partial charge in [-0.1, -0.05) is 6.92 Å². The molecule has 1 N–H and O–H groups in total. The Labute approximate surface area is 108 Å². The van der Waals surface area contributed by atoms with Gasteiger partial charge in [0.15, 0.2) is 0 Å². The van der Waals surface area contributed by atoms with Gasteiger partial charge in [-0.05, 0) is 13.3 Å². The van der Waals surface area contributed by atoms with Crippen LogP contribution in [0.5, 0.6) is 0 Å². The molecule has 1 heterocycles. The van der Waals surface area contributed by atoms with Crippen LogP contribution in [0.4, 0.5) is 0 Å². The summed E-state index contributed by atoms with van der Waals surface area (Å²) < 4.78 is 22.3. The molecule has 0 aliphatic carbocycles. The third kappa shape index (κ3) is 4.06. The normalized spacial score (nSPS) is 22.6. The molecule has 7 heteroatoms. The lowest BCUT2D eigenvalue weighted by atomic mass is 10.2. The van der Waals surface area contributed by atoms with Crippen LogP contribution in [0.3, 0.4) is 0 Å². The van der Waals surface area contributed by atoms with Crippen molar-refractivity contribution in [2.45, 2.75) is 38.8 Å². The molecule has 18 heavy (non-hydrogen) atoms. The van der Waals surface area contributed by atoms with Crippen molar-refractivity contribution in [3.8, 4) is 0 Å². The lowest BCUT2D eigenvalue weighted by Crippen LogP contribution is -2.45. The Morgan fingerprint density at radius 1 is 1.44 bits per heavy atom. The highest BCUT2D eigenvalue weighted by Crippen LogP contribution is 2.14. The van der Waals surface area contributed by atoms with Gasteiger partial charge in [-0.15, -0.1) is 0 Å². The van der Waals surface area contributed by atoms with Gasteiger partial charge in [0.05, 0.1) is 18.2 Å². The number of carbonyl (C=O) groups is 2. The monoisotopic (exact) mass is 276 g/mol. The Morgan fingerprint density at radius 2 is 2.06 bits per heavy atom. The van der Waals surface area contributed by atoms with Gasteiger partial charge in [0.1, 0.15) is 9.84 Å². The molecule has 2 amide bonds. The van der Waals surface area contributed by atoms with E-state index >= 15 is 0 Å². The summed E-state index contributed by atoms with van der Waals surface area (Å²) >= 11 is 0. The van der Waals surface area contributed by atoms with E-state index in [9.17, 15) is 18.0 Å². The van der Waals surface area contributed by atoms with Crippen molar-refractivity contribution in [2.24, 2.45) is 0 Å². The highest BCUT2D eigenvalue weighted by atomic mass is 32.2. The summed E-state index contributed by atoms with van der Waals surface area (Å²) in [5.41, 5.74) is 0. The molecule has 0 spiro atoms. The fraction of sp³-hybridized carbons (Fsp3) is 0.818. The van der Waals surface area contributed by atoms with Gasteiger partial charge >= 0.3 is 0 Å². The van der Waals surface area contributed by atoms with Crippen LogP contribution in [0, 0.1) is 0 Å². The predicted octanol–water partition coefficient (Wildman–Crippen LogP) is -0.453. The first-order valence-corrected chi connectivity index (χ1v) is 8.08. The van der Waals surface area contributed by atoms with E-state index in [0.717, 1.165) is 12.7 Å². The van der Waals surface area contributed by atoms with Crippen LogP contribution < -0.4 is 5.32 Å². The second kappa shape index (κ2) is 5.79. The third-order valence-corrected chi connectivity index (χ3v) is 3.84. The molecule has 1 aliphatic rings. The number of likely N-dealkylation sites (tertiary alicyclic amines) is 1. The van der Waals surface area contributed by atoms with Crippen molar-refractivity contribution in [1.82, 2.24) is 10.2 Å². The largest absolute Gasteiger partial charge is 0.302 e. The van der Waals surface area contributed by atoms with E-state index in [1.165, 1.54) is 4.90 Å². The Bertz CT molecular complexity index is 432. The molecule has 1 fully saturated rings. The number of sulfone groups is 1. The number of amides is 2. The van der Waals surface area contributed by atoms with Crippen LogP contribution in [0.1, 0.15) is 26.7 Å². The zero-order chi connectivity index (χ0) is 13.9. The lowest BCUT2D eigenvalue weighted by Gasteiger charge is -2.18. The molecule has 1 saturated heterocycles. The van der Waals surface area contributed by atoms with Crippen molar-refractivity contribution in [3.05, 3.63) is 0 Å². The summed E-state index contributed by atoms with van der Waals surface area (Å²) in [4.78, 5) is 24.7. The maximum absolute atomic E-state index is 11.9. The van der Waals surface area contributed by atoms with Gasteiger partial charge < -0.3 is 5.32 Å². The van der Waals surface area contributed by atoms with Gasteiger partial charge in [-0.25, -0.2) is 8.42 Å². The van der Waals surface area contributed by atoms with Gasteiger partial charge in [-0.3, -0.25) is 14.5 Å². The summed E-state index contributed by atoms with van der Waals surface area (Å²) in [6.45, 7) is 4.02. The van der Waals surface area contributed by atoms with E-state index in [1.54, 1.807) is 6.92 Å². The van der Waals surface area contributed by atoms with Crippen LogP contribution in [-0.2, 0) is 19.4 Å². The molecule has 0 bridgehead atoms. The average Bonchev–Trinajstić information content (AvgIpc) is 2.43. The topological polar surface area (TPSA) is 83.6 Å². The van der Waals surface area contributed by atoms with Crippen molar-refractivity contribution < 1.29 is 18.0 Å². The third-order valence-electron chi connectivity index (χ3n) is 2.73. The highest BCUT2D eigenvalue weighted by molar-refractivity contribution is 7.90. The van der Waals surface area contributed by atoms with Crippen molar-refractivity contribution in [2.75, 3.05) is 18.6 Å². The molecule has 1 rings (SSSR count). The van der Waals surface area contributed by atoms with Crippen LogP contribution in [0.25, 0.3) is 0 Å². The van der Waals surface area contributed by atoms with Gasteiger partial charge in [0.2, 0.25) is 11.8 Å². The zero-order valence-electron chi connectivity index (χ0n) is 11.0. The minimum atomic E-state index is -3.09. The fourth-order valence-corrected chi connectivity index (χ4v) is 3.12. The lowest BCUT2D eigenvalue weighted by molar-refractivity contribution is -0.138. The molecule has 6 nitrogen and oxygen atoms in total. The summed E-state index contributed by atoms with van der Waals surface area (Å²) in [6, 6.07) is -0.927. The summed E-state index contributed by atoms with van der Waals surface area (Å²) in [5.74, 6) is -0.480. The first kappa shape index (κ1) is 15.1. The molecule has 2 atom stereocenters. The first-order valence-electron chi connectivity index (χ1n) is 6.02. The Hall–Kier alpha value is -0.950. The Morgan fingerprint density at radius 3 is 2.56 bits per heavy atom. The zero-order valence-corrected chi connectivity index (χ0v) is 11.8. The van der Waals surface area contributed by atoms with Crippen LogP contribution in [-0.4, -0.2) is 55.8 Å². The van der Waals surface area contributed by atoms with Gasteiger partial charge in [-0.2, -0.15) is 0 Å². The van der Waals surface area contributed by atoms with Crippen molar-refractivity contribution >= 4 is 21.7 Å². The van der Waals surface area contributed by atoms with Gasteiger partial charge in [0.25, 0.3) is 0 Å². The fourth-order valence-electron chi connectivity index (χ4n) is 2.12. The maximum Gasteiger partial charge on any atom is 0.246 e. The highest BCUT2D eigenvalue weighted by Gasteiger charge is 2.38. The van der Waals surface area contributed by atoms with E-state index < -0.39 is 15.9 Å². The smallest absolute Gasteiger partial charge is 0.246 e. The standard InChI is InChI=1S/C11H20N2O4S/c1-4-5-13-10(14)6-9(11(13)15)12-8(2)7-18(3,16)17/h8-9,12H,4-7H2,1-3H3. The number of imide groups is 1. The maximum atomic E-state index is 11.9. The molecule has 0 aromatic carbocycles. The van der Waals surface area contributed by atoms with Gasteiger partial charge in [0, 0.05) is 18.8 Å². The van der Waals surface area contributed by atoms with Crippen molar-refractivity contribution in [1.29, 1.82) is 0 Å². The van der Waals surface area contributed by atoms with Crippen molar-refractivity contribution in [3.63, 3.8) is 0 Å². The Balaban J connectivity index is 2.59. The molecule has 2 unspecified atom stereocenters. The second-order valence-corrected chi connectivity index (χ2v) is 6.99. The van der Waals surface area contributed by atoms with E-state index in [0.29, 0.717) is 6.54 Å². The van der Waals surface area contributed by atoms with Crippen LogP contribution in [0.2, 0.25) is 0 Å². The molecule has 0 aromatic rings. The number of nitrogens with one attached hydrogen (secondary N) is 1. The molecular weight excluding hydrogens is 256 g/mol. The summed E-state index contributed by atoms with van der Waals surface area (Å²) in [7, 11) is -3.09. The second-order valence-electron chi connectivity index (χ2n) is 4.80. The van der Waals surface area contributed by atoms with E-state index in [1.807, 2.05) is 6.92 Å². The molecule has 104 valence electrons. The first-order chi connectivity index (χ1) is 8.24. The van der Waals surface area contributed by atoms with E-state index in [4.69, 9.17) is 0 Å². The molecule has 1 aliphatic heterocycles.